The highest BCUT2D eigenvalue weighted by Gasteiger charge is 2.30. The molecule has 0 aliphatic heterocycles. The summed E-state index contributed by atoms with van der Waals surface area (Å²) in [5.41, 5.74) is 1.08. The summed E-state index contributed by atoms with van der Waals surface area (Å²) in [6.07, 6.45) is 8.37. The number of aromatic nitrogens is 3. The lowest BCUT2D eigenvalue weighted by molar-refractivity contribution is -0.126. The molecule has 0 saturated heterocycles. The predicted molar refractivity (Wildman–Crippen MR) is 133 cm³/mol. The largest absolute Gasteiger partial charge is 0.408 e. The van der Waals surface area contributed by atoms with Crippen LogP contribution in [-0.4, -0.2) is 63.7 Å². The van der Waals surface area contributed by atoms with Crippen LogP contribution < -0.4 is 5.32 Å². The quantitative estimate of drug-likeness (QED) is 0.334. The molecule has 1 atom stereocenters. The minimum absolute atomic E-state index is 0.000300. The molecule has 0 bridgehead atoms. The van der Waals surface area contributed by atoms with Crippen molar-refractivity contribution in [3.05, 3.63) is 36.0 Å². The molecule has 1 amide bonds. The number of Topliss-reactive ketones (excluding diaryl/α,β-unsaturated/α-hetero) is 1. The summed E-state index contributed by atoms with van der Waals surface area (Å²) in [6.45, 7) is 5.82. The maximum absolute atomic E-state index is 13.1. The van der Waals surface area contributed by atoms with E-state index in [1.54, 1.807) is 0 Å². The molecule has 1 N–H and O–H groups in total. The van der Waals surface area contributed by atoms with Crippen molar-refractivity contribution in [3.8, 4) is 0 Å². The molecule has 1 unspecified atom stereocenters. The average molecular weight is 488 g/mol. The molecule has 34 heavy (non-hydrogen) atoms. The van der Waals surface area contributed by atoms with Crippen LogP contribution in [0.2, 0.25) is 0 Å². The summed E-state index contributed by atoms with van der Waals surface area (Å²) in [6, 6.07) is 5.32. The number of carbonyl (C=O) groups is 2. The summed E-state index contributed by atoms with van der Waals surface area (Å²) in [7, 11) is 2.07. The highest BCUT2D eigenvalue weighted by molar-refractivity contribution is 7.99. The van der Waals surface area contributed by atoms with Crippen LogP contribution in [-0.2, 0) is 11.2 Å². The SMILES string of the molecule is CC(C)CC(NC(=O)C1CCCCC1)C(=O)c1nnc(SCCN(C)CCc2ccccn2)o1. The first-order chi connectivity index (χ1) is 16.4. The number of nitrogens with one attached hydrogen (secondary N) is 1. The summed E-state index contributed by atoms with van der Waals surface area (Å²) < 4.78 is 5.66. The van der Waals surface area contributed by atoms with Crippen molar-refractivity contribution in [3.63, 3.8) is 0 Å². The number of carbonyl (C=O) groups excluding carboxylic acids is 2. The van der Waals surface area contributed by atoms with E-state index in [9.17, 15) is 9.59 Å². The predicted octanol–water partition coefficient (Wildman–Crippen LogP) is 4.03. The van der Waals surface area contributed by atoms with E-state index in [0.717, 1.165) is 56.6 Å². The van der Waals surface area contributed by atoms with Gasteiger partial charge in [0.15, 0.2) is 0 Å². The monoisotopic (exact) mass is 487 g/mol. The Morgan fingerprint density at radius 2 is 1.97 bits per heavy atom. The lowest BCUT2D eigenvalue weighted by Gasteiger charge is -2.24. The Bertz CT molecular complexity index is 899. The van der Waals surface area contributed by atoms with Gasteiger partial charge in [-0.1, -0.05) is 50.9 Å². The van der Waals surface area contributed by atoms with Gasteiger partial charge in [0.25, 0.3) is 11.1 Å². The molecule has 2 aromatic rings. The molecule has 8 nitrogen and oxygen atoms in total. The Kier molecular flexibility index (Phi) is 10.5. The van der Waals surface area contributed by atoms with E-state index in [0.29, 0.717) is 11.6 Å². The number of hydrogen-bond acceptors (Lipinski definition) is 8. The number of ketones is 1. The maximum atomic E-state index is 13.1. The van der Waals surface area contributed by atoms with Gasteiger partial charge in [0.1, 0.15) is 0 Å². The summed E-state index contributed by atoms with van der Waals surface area (Å²) in [5.74, 6) is 0.660. The Balaban J connectivity index is 1.47. The highest BCUT2D eigenvalue weighted by atomic mass is 32.2. The van der Waals surface area contributed by atoms with E-state index < -0.39 is 6.04 Å². The number of hydrogen-bond donors (Lipinski definition) is 1. The van der Waals surface area contributed by atoms with Crippen molar-refractivity contribution >= 4 is 23.5 Å². The second kappa shape index (κ2) is 13.6. The fourth-order valence-corrected chi connectivity index (χ4v) is 4.94. The third kappa shape index (κ3) is 8.51. The zero-order valence-electron chi connectivity index (χ0n) is 20.5. The van der Waals surface area contributed by atoms with E-state index in [4.69, 9.17) is 4.42 Å². The van der Waals surface area contributed by atoms with E-state index in [1.165, 1.54) is 18.2 Å². The Morgan fingerprint density at radius 1 is 1.18 bits per heavy atom. The van der Waals surface area contributed by atoms with Crippen molar-refractivity contribution in [2.24, 2.45) is 11.8 Å². The molecule has 186 valence electrons. The van der Waals surface area contributed by atoms with Crippen LogP contribution in [0, 0.1) is 11.8 Å². The van der Waals surface area contributed by atoms with Gasteiger partial charge >= 0.3 is 0 Å². The number of pyridine rings is 1. The standard InChI is InChI=1S/C25H37N5O3S/c1-18(2)17-21(27-23(32)19-9-5-4-6-10-19)22(31)24-28-29-25(33-24)34-16-15-30(3)14-12-20-11-7-8-13-26-20/h7-8,11,13,18-19,21H,4-6,9-10,12,14-17H2,1-3H3,(H,27,32). The molecule has 0 radical (unpaired) electrons. The van der Waals surface area contributed by atoms with Gasteiger partial charge < -0.3 is 14.6 Å². The van der Waals surface area contributed by atoms with Crippen LogP contribution in [0.15, 0.2) is 34.0 Å². The van der Waals surface area contributed by atoms with Crippen molar-refractivity contribution in [2.75, 3.05) is 25.9 Å². The normalized spacial score (nSPS) is 15.6. The van der Waals surface area contributed by atoms with Crippen LogP contribution in [0.4, 0.5) is 0 Å². The van der Waals surface area contributed by atoms with Gasteiger partial charge in [0, 0.05) is 43.1 Å². The van der Waals surface area contributed by atoms with Gasteiger partial charge in [-0.25, -0.2) is 0 Å². The smallest absolute Gasteiger partial charge is 0.286 e. The van der Waals surface area contributed by atoms with Crippen molar-refractivity contribution in [1.29, 1.82) is 0 Å². The topological polar surface area (TPSA) is 101 Å². The lowest BCUT2D eigenvalue weighted by Crippen LogP contribution is -2.45. The number of rotatable bonds is 13. The first kappa shape index (κ1) is 26.3. The molecule has 2 heterocycles. The van der Waals surface area contributed by atoms with Crippen LogP contribution in [0.1, 0.15) is 68.8 Å². The molecule has 0 spiro atoms. The molecule has 3 rings (SSSR count). The van der Waals surface area contributed by atoms with Crippen LogP contribution >= 0.6 is 11.8 Å². The second-order valence-electron chi connectivity index (χ2n) is 9.49. The number of likely N-dealkylation sites (N-methyl/N-ethyl adjacent to an activating group) is 1. The van der Waals surface area contributed by atoms with Gasteiger partial charge in [-0.05, 0) is 44.4 Å². The fraction of sp³-hybridized carbons (Fsp3) is 0.640. The van der Waals surface area contributed by atoms with Gasteiger partial charge in [0.2, 0.25) is 11.7 Å². The van der Waals surface area contributed by atoms with E-state index in [1.807, 2.05) is 38.2 Å². The molecular weight excluding hydrogens is 450 g/mol. The summed E-state index contributed by atoms with van der Waals surface area (Å²) in [4.78, 5) is 32.4. The van der Waals surface area contributed by atoms with E-state index >= 15 is 0 Å². The molecule has 0 aromatic carbocycles. The fourth-order valence-electron chi connectivity index (χ4n) is 4.13. The zero-order valence-corrected chi connectivity index (χ0v) is 21.4. The van der Waals surface area contributed by atoms with Gasteiger partial charge in [0.05, 0.1) is 6.04 Å². The minimum Gasteiger partial charge on any atom is -0.408 e. The van der Waals surface area contributed by atoms with Crippen LogP contribution in [0.5, 0.6) is 0 Å². The molecule has 9 heteroatoms. The molecule has 1 aliphatic rings. The molecule has 1 fully saturated rings. The Morgan fingerprint density at radius 3 is 2.68 bits per heavy atom. The molecule has 1 saturated carbocycles. The van der Waals surface area contributed by atoms with Gasteiger partial charge in [-0.2, -0.15) is 0 Å². The van der Waals surface area contributed by atoms with Gasteiger partial charge in [-0.3, -0.25) is 14.6 Å². The summed E-state index contributed by atoms with van der Waals surface area (Å²) in [5, 5.41) is 11.4. The number of amides is 1. The van der Waals surface area contributed by atoms with Crippen molar-refractivity contribution in [1.82, 2.24) is 25.4 Å². The van der Waals surface area contributed by atoms with Crippen LogP contribution in [0.3, 0.4) is 0 Å². The van der Waals surface area contributed by atoms with Gasteiger partial charge in [-0.15, -0.1) is 10.2 Å². The molecule has 1 aliphatic carbocycles. The average Bonchev–Trinajstić information content (AvgIpc) is 3.31. The van der Waals surface area contributed by atoms with E-state index in [2.05, 4.69) is 32.4 Å². The second-order valence-corrected chi connectivity index (χ2v) is 10.5. The third-order valence-corrected chi connectivity index (χ3v) is 6.91. The highest BCUT2D eigenvalue weighted by Crippen LogP contribution is 2.24. The lowest BCUT2D eigenvalue weighted by atomic mass is 9.88. The Hall–Kier alpha value is -2.26. The number of nitrogens with zero attached hydrogens (tertiary/aromatic N) is 4. The Labute approximate surface area is 206 Å². The minimum atomic E-state index is -0.634. The van der Waals surface area contributed by atoms with Crippen LogP contribution in [0.25, 0.3) is 0 Å². The summed E-state index contributed by atoms with van der Waals surface area (Å²) >= 11 is 1.43. The molecular formula is C25H37N5O3S. The molecule has 2 aromatic heterocycles. The van der Waals surface area contributed by atoms with Crippen molar-refractivity contribution < 1.29 is 14.0 Å². The number of thioether (sulfide) groups is 1. The van der Waals surface area contributed by atoms with Crippen molar-refractivity contribution in [2.45, 2.75) is 70.1 Å². The first-order valence-electron chi connectivity index (χ1n) is 12.3. The van der Waals surface area contributed by atoms with E-state index in [-0.39, 0.29) is 29.4 Å². The maximum Gasteiger partial charge on any atom is 0.286 e. The zero-order chi connectivity index (χ0) is 24.3. The first-order valence-corrected chi connectivity index (χ1v) is 13.3. The third-order valence-electron chi connectivity index (χ3n) is 6.11.